The van der Waals surface area contributed by atoms with Crippen molar-refractivity contribution in [1.29, 1.82) is 0 Å². The van der Waals surface area contributed by atoms with Gasteiger partial charge in [0.25, 0.3) is 11.5 Å². The quantitative estimate of drug-likeness (QED) is 0.258. The number of carbonyl (C=O) groups is 2. The van der Waals surface area contributed by atoms with Crippen LogP contribution in [0.1, 0.15) is 5.56 Å². The van der Waals surface area contributed by atoms with Crippen LogP contribution >= 0.6 is 0 Å². The molecule has 0 saturated carbocycles. The van der Waals surface area contributed by atoms with E-state index >= 15 is 0 Å². The molecule has 0 bridgehead atoms. The van der Waals surface area contributed by atoms with Crippen molar-refractivity contribution >= 4 is 23.8 Å². The van der Waals surface area contributed by atoms with Crippen molar-refractivity contribution in [2.75, 3.05) is 0 Å². The second-order valence-corrected chi connectivity index (χ2v) is 3.78. The summed E-state index contributed by atoms with van der Waals surface area (Å²) in [6, 6.07) is 4.19. The molecule has 1 aromatic rings. The van der Waals surface area contributed by atoms with Crippen LogP contribution in [0.3, 0.4) is 0 Å². The van der Waals surface area contributed by atoms with Crippen LogP contribution in [0.2, 0.25) is 0 Å². The molecule has 0 aromatic heterocycles. The lowest BCUT2D eigenvalue weighted by Gasteiger charge is -2.11. The first-order valence-electron chi connectivity index (χ1n) is 5.38. The molecule has 1 amide bonds. The second-order valence-electron chi connectivity index (χ2n) is 3.78. The van der Waals surface area contributed by atoms with E-state index in [0.29, 0.717) is 11.8 Å². The van der Waals surface area contributed by atoms with Crippen LogP contribution in [0, 0.1) is 10.1 Å². The molecule has 20 heavy (non-hydrogen) atoms. The zero-order chi connectivity index (χ0) is 15.1. The minimum atomic E-state index is -1.41. The first-order chi connectivity index (χ1) is 9.43. The average molecular weight is 278 g/mol. The summed E-state index contributed by atoms with van der Waals surface area (Å²) in [5, 5.41) is 21.1. The van der Waals surface area contributed by atoms with Gasteiger partial charge in [-0.3, -0.25) is 14.9 Å². The van der Waals surface area contributed by atoms with E-state index in [1.54, 1.807) is 0 Å². The third kappa shape index (κ3) is 4.31. The van der Waals surface area contributed by atoms with Gasteiger partial charge in [0.2, 0.25) is 0 Å². The Hall–Kier alpha value is -3.06. The highest BCUT2D eigenvalue weighted by Gasteiger charge is 2.22. The third-order valence-electron chi connectivity index (χ3n) is 2.41. The summed E-state index contributed by atoms with van der Waals surface area (Å²) < 4.78 is 0. The molecule has 0 aliphatic carbocycles. The van der Waals surface area contributed by atoms with Gasteiger partial charge >= 0.3 is 12.3 Å². The minimum Gasteiger partial charge on any atom is -0.465 e. The number of nitrogens with one attached hydrogen (secondary N) is 1. The molecular weight excluding hydrogens is 268 g/mol. The van der Waals surface area contributed by atoms with E-state index < -0.39 is 22.8 Å². The predicted octanol–water partition coefficient (Wildman–Crippen LogP) is 0.643. The van der Waals surface area contributed by atoms with Crippen LogP contribution < -0.4 is 5.32 Å². The molecule has 0 radical (unpaired) electrons. The smallest absolute Gasteiger partial charge is 0.405 e. The topological polar surface area (TPSA) is 146 Å². The highest BCUT2D eigenvalue weighted by molar-refractivity contribution is 6.28. The van der Waals surface area contributed by atoms with Gasteiger partial charge in [0.05, 0.1) is 4.92 Å². The van der Waals surface area contributed by atoms with Gasteiger partial charge in [-0.15, -0.1) is 0 Å². The lowest BCUT2D eigenvalue weighted by Crippen LogP contribution is -2.42. The van der Waals surface area contributed by atoms with Gasteiger partial charge in [0.1, 0.15) is 6.04 Å². The fraction of sp³-hybridized carbons (Fsp3) is 0.182. The molecule has 1 rings (SSSR count). The van der Waals surface area contributed by atoms with Crippen molar-refractivity contribution in [3.8, 4) is 0 Å². The average Bonchev–Trinajstić information content (AvgIpc) is 2.38. The maximum atomic E-state index is 11.5. The summed E-state index contributed by atoms with van der Waals surface area (Å²) in [6.45, 7) is 0. The second kappa shape index (κ2) is 6.76. The number of amides is 1. The number of ketones is 1. The van der Waals surface area contributed by atoms with E-state index in [1.807, 2.05) is 5.32 Å². The highest BCUT2D eigenvalue weighted by atomic mass is 16.6. The van der Waals surface area contributed by atoms with Gasteiger partial charge in [0.15, 0.2) is 0 Å². The molecular formula is C11H10N4O5. The molecule has 104 valence electrons. The fourth-order valence-corrected chi connectivity index (χ4v) is 1.51. The maximum Gasteiger partial charge on any atom is 0.405 e. The van der Waals surface area contributed by atoms with Crippen molar-refractivity contribution in [3.05, 3.63) is 45.5 Å². The molecule has 2 N–H and O–H groups in total. The van der Waals surface area contributed by atoms with E-state index in [2.05, 4.69) is 4.79 Å². The van der Waals surface area contributed by atoms with Crippen LogP contribution in [-0.4, -0.2) is 39.0 Å². The summed E-state index contributed by atoms with van der Waals surface area (Å²) >= 11 is 0. The maximum absolute atomic E-state index is 11.5. The molecule has 0 unspecified atom stereocenters. The Balaban J connectivity index is 2.88. The monoisotopic (exact) mass is 278 g/mol. The summed E-state index contributed by atoms with van der Waals surface area (Å²) in [4.78, 5) is 34.6. The van der Waals surface area contributed by atoms with E-state index in [4.69, 9.17) is 10.6 Å². The number of benzene rings is 1. The van der Waals surface area contributed by atoms with E-state index in [9.17, 15) is 19.7 Å². The van der Waals surface area contributed by atoms with Crippen molar-refractivity contribution < 1.29 is 24.4 Å². The predicted molar refractivity (Wildman–Crippen MR) is 66.4 cm³/mol. The van der Waals surface area contributed by atoms with Crippen LogP contribution in [0.5, 0.6) is 0 Å². The molecule has 0 aliphatic rings. The number of hydrogen-bond acceptors (Lipinski definition) is 4. The summed E-state index contributed by atoms with van der Waals surface area (Å²) in [5.41, 5.74) is 8.69. The Labute approximate surface area is 112 Å². The van der Waals surface area contributed by atoms with E-state index in [-0.39, 0.29) is 12.1 Å². The first kappa shape index (κ1) is 15.0. The van der Waals surface area contributed by atoms with Gasteiger partial charge in [0, 0.05) is 18.6 Å². The molecule has 0 saturated heterocycles. The molecule has 0 heterocycles. The number of Topliss-reactive ketones (excluding diaryl/α,β-unsaturated/α-hetero) is 1. The lowest BCUT2D eigenvalue weighted by molar-refractivity contribution is -0.384. The van der Waals surface area contributed by atoms with Gasteiger partial charge in [-0.05, 0) is 5.56 Å². The SMILES string of the molecule is [N-]=[N+]=CC(=O)[C@H](Cc1ccc([N+](=O)[O-])cc1)NC(=O)O. The summed E-state index contributed by atoms with van der Waals surface area (Å²) in [6.07, 6.45) is -0.835. The molecule has 0 aliphatic heterocycles. The van der Waals surface area contributed by atoms with E-state index in [1.165, 1.54) is 24.3 Å². The molecule has 1 atom stereocenters. The van der Waals surface area contributed by atoms with Crippen molar-refractivity contribution in [2.45, 2.75) is 12.5 Å². The summed E-state index contributed by atoms with van der Waals surface area (Å²) in [7, 11) is 0. The molecule has 9 heteroatoms. The Morgan fingerprint density at radius 2 is 2.05 bits per heavy atom. The molecule has 1 aromatic carbocycles. The zero-order valence-electron chi connectivity index (χ0n) is 10.1. The van der Waals surface area contributed by atoms with Gasteiger partial charge in [-0.2, -0.15) is 4.79 Å². The van der Waals surface area contributed by atoms with Crippen LogP contribution in [0.25, 0.3) is 5.53 Å². The highest BCUT2D eigenvalue weighted by Crippen LogP contribution is 2.13. The number of non-ortho nitro benzene ring substituents is 1. The number of nitro benzene ring substituents is 1. The van der Waals surface area contributed by atoms with Crippen molar-refractivity contribution in [1.82, 2.24) is 5.32 Å². The Morgan fingerprint density at radius 3 is 2.50 bits per heavy atom. The normalized spacial score (nSPS) is 11.0. The fourth-order valence-electron chi connectivity index (χ4n) is 1.51. The Kier molecular flexibility index (Phi) is 5.07. The summed E-state index contributed by atoms with van der Waals surface area (Å²) in [5.74, 6) is -0.728. The number of nitro groups is 1. The standard InChI is InChI=1S/C11H10N4O5/c12-13-6-10(16)9(14-11(17)18)5-7-1-3-8(4-2-7)15(19)20/h1-4,6,9,14H,5H2,(H,17,18)/t9-/m0/s1. The van der Waals surface area contributed by atoms with Gasteiger partial charge in [-0.25, -0.2) is 4.79 Å². The van der Waals surface area contributed by atoms with Crippen LogP contribution in [0.15, 0.2) is 24.3 Å². The van der Waals surface area contributed by atoms with Crippen molar-refractivity contribution in [2.24, 2.45) is 0 Å². The van der Waals surface area contributed by atoms with Crippen molar-refractivity contribution in [3.63, 3.8) is 0 Å². The molecule has 0 spiro atoms. The number of carbonyl (C=O) groups excluding carboxylic acids is 1. The largest absolute Gasteiger partial charge is 0.465 e. The van der Waals surface area contributed by atoms with Crippen LogP contribution in [-0.2, 0) is 11.2 Å². The Bertz CT molecular complexity index is 577. The van der Waals surface area contributed by atoms with E-state index in [0.717, 1.165) is 0 Å². The van der Waals surface area contributed by atoms with Gasteiger partial charge in [-0.1, -0.05) is 12.1 Å². The third-order valence-corrected chi connectivity index (χ3v) is 2.41. The number of carboxylic acid groups (broad SMARTS) is 1. The molecule has 9 nitrogen and oxygen atoms in total. The number of rotatable bonds is 6. The van der Waals surface area contributed by atoms with Crippen LogP contribution in [0.4, 0.5) is 10.5 Å². The first-order valence-corrected chi connectivity index (χ1v) is 5.38. The zero-order valence-corrected chi connectivity index (χ0v) is 10.1. The van der Waals surface area contributed by atoms with Gasteiger partial charge < -0.3 is 16.0 Å². The molecule has 0 fully saturated rings. The number of nitrogens with zero attached hydrogens (tertiary/aromatic N) is 3. The lowest BCUT2D eigenvalue weighted by atomic mass is 10.0. The number of hydrogen-bond donors (Lipinski definition) is 2. The Morgan fingerprint density at radius 1 is 1.45 bits per heavy atom. The minimum absolute atomic E-state index is 0.0187.